The van der Waals surface area contributed by atoms with E-state index in [9.17, 15) is 13.2 Å². The van der Waals surface area contributed by atoms with Gasteiger partial charge in [-0.05, 0) is 85.0 Å². The number of rotatable bonds is 6. The highest BCUT2D eigenvalue weighted by atomic mass is 32.2. The van der Waals surface area contributed by atoms with Crippen LogP contribution >= 0.6 is 11.3 Å². The van der Waals surface area contributed by atoms with E-state index in [1.54, 1.807) is 41.8 Å². The van der Waals surface area contributed by atoms with E-state index in [-0.39, 0.29) is 16.2 Å². The largest absolute Gasteiger partial charge is 0.346 e. The maximum Gasteiger partial charge on any atom is 0.271 e. The van der Waals surface area contributed by atoms with Crippen LogP contribution in [0.3, 0.4) is 0 Å². The normalized spacial score (nSPS) is 14.6. The fraction of sp³-hybridized carbons (Fsp3) is 0.261. The van der Waals surface area contributed by atoms with Crippen molar-refractivity contribution in [1.29, 1.82) is 0 Å². The predicted molar refractivity (Wildman–Crippen MR) is 121 cm³/mol. The minimum absolute atomic E-state index is 0.110. The van der Waals surface area contributed by atoms with Crippen molar-refractivity contribution >= 4 is 33.0 Å². The number of anilines is 1. The zero-order chi connectivity index (χ0) is 21.1. The molecule has 0 radical (unpaired) electrons. The van der Waals surface area contributed by atoms with Crippen LogP contribution in [0, 0.1) is 0 Å². The molecular formula is C23H24N2O3S2. The summed E-state index contributed by atoms with van der Waals surface area (Å²) in [4.78, 5) is 12.7. The maximum atomic E-state index is 12.7. The van der Waals surface area contributed by atoms with Gasteiger partial charge in [0, 0.05) is 11.3 Å². The van der Waals surface area contributed by atoms with Crippen molar-refractivity contribution in [3.63, 3.8) is 0 Å². The van der Waals surface area contributed by atoms with Crippen molar-refractivity contribution in [3.8, 4) is 0 Å². The number of benzene rings is 2. The average Bonchev–Trinajstić information content (AvgIpc) is 3.29. The van der Waals surface area contributed by atoms with Crippen molar-refractivity contribution < 1.29 is 13.2 Å². The van der Waals surface area contributed by atoms with Gasteiger partial charge in [0.25, 0.3) is 15.9 Å². The lowest BCUT2D eigenvalue weighted by Gasteiger charge is -2.20. The molecule has 0 bridgehead atoms. The summed E-state index contributed by atoms with van der Waals surface area (Å²) in [5.41, 5.74) is 4.82. The van der Waals surface area contributed by atoms with E-state index in [1.807, 2.05) is 6.92 Å². The van der Waals surface area contributed by atoms with Gasteiger partial charge in [0.2, 0.25) is 0 Å². The minimum Gasteiger partial charge on any atom is -0.346 e. The minimum atomic E-state index is -3.60. The number of sulfonamides is 1. The Morgan fingerprint density at radius 2 is 1.73 bits per heavy atom. The van der Waals surface area contributed by atoms with Crippen LogP contribution in [0.1, 0.15) is 52.9 Å². The third-order valence-corrected chi connectivity index (χ3v) is 8.16. The molecule has 2 N–H and O–H groups in total. The fourth-order valence-electron chi connectivity index (χ4n) is 3.70. The molecular weight excluding hydrogens is 416 g/mol. The van der Waals surface area contributed by atoms with Gasteiger partial charge in [-0.3, -0.25) is 9.52 Å². The standard InChI is InChI=1S/C23H24N2O3S2/c1-16(19-9-8-17-5-2-3-6-20(17)15-19)24-23(26)18-10-12-21(13-11-18)25-30(27,28)22-7-4-14-29-22/h4,7-16,25H,2-3,5-6H2,1H3,(H,24,26). The number of fused-ring (bicyclic) bond motifs is 1. The lowest BCUT2D eigenvalue weighted by Crippen LogP contribution is -2.26. The van der Waals surface area contributed by atoms with Gasteiger partial charge < -0.3 is 5.32 Å². The van der Waals surface area contributed by atoms with Crippen LogP contribution in [0.2, 0.25) is 0 Å². The third-order valence-electron chi connectivity index (χ3n) is 5.38. The monoisotopic (exact) mass is 440 g/mol. The van der Waals surface area contributed by atoms with Gasteiger partial charge in [0.15, 0.2) is 0 Å². The van der Waals surface area contributed by atoms with Crippen molar-refractivity contribution in [1.82, 2.24) is 5.32 Å². The Labute approximate surface area is 181 Å². The summed E-state index contributed by atoms with van der Waals surface area (Å²) in [6.07, 6.45) is 4.71. The Morgan fingerprint density at radius 3 is 2.43 bits per heavy atom. The van der Waals surface area contributed by atoms with E-state index in [4.69, 9.17) is 0 Å². The smallest absolute Gasteiger partial charge is 0.271 e. The molecule has 1 unspecified atom stereocenters. The SMILES string of the molecule is CC(NC(=O)c1ccc(NS(=O)(=O)c2cccs2)cc1)c1ccc2c(c1)CCCC2. The Bertz CT molecular complexity index is 1140. The van der Waals surface area contributed by atoms with Crippen molar-refractivity contribution in [2.45, 2.75) is 42.9 Å². The molecule has 30 heavy (non-hydrogen) atoms. The number of hydrogen-bond donors (Lipinski definition) is 2. The van der Waals surface area contributed by atoms with E-state index >= 15 is 0 Å². The molecule has 1 heterocycles. The molecule has 7 heteroatoms. The summed E-state index contributed by atoms with van der Waals surface area (Å²) >= 11 is 1.16. The highest BCUT2D eigenvalue weighted by Gasteiger charge is 2.17. The first-order chi connectivity index (χ1) is 14.4. The first kappa shape index (κ1) is 20.6. The molecule has 0 fully saturated rings. The van der Waals surface area contributed by atoms with Gasteiger partial charge in [-0.2, -0.15) is 0 Å². The number of thiophene rings is 1. The molecule has 4 rings (SSSR count). The summed E-state index contributed by atoms with van der Waals surface area (Å²) in [6.45, 7) is 1.98. The lowest BCUT2D eigenvalue weighted by molar-refractivity contribution is 0.0940. The van der Waals surface area contributed by atoms with Crippen LogP contribution < -0.4 is 10.0 Å². The van der Waals surface area contributed by atoms with E-state index < -0.39 is 10.0 Å². The molecule has 0 saturated carbocycles. The van der Waals surface area contributed by atoms with Crippen LogP contribution in [0.25, 0.3) is 0 Å². The molecule has 1 amide bonds. The second-order valence-corrected chi connectivity index (χ2v) is 10.4. The molecule has 1 aliphatic rings. The highest BCUT2D eigenvalue weighted by molar-refractivity contribution is 7.94. The molecule has 0 aliphatic heterocycles. The molecule has 3 aromatic rings. The Hall–Kier alpha value is -2.64. The second-order valence-electron chi connectivity index (χ2n) is 7.55. The van der Waals surface area contributed by atoms with Crippen LogP contribution in [-0.2, 0) is 22.9 Å². The van der Waals surface area contributed by atoms with Gasteiger partial charge in [0.05, 0.1) is 6.04 Å². The molecule has 0 saturated heterocycles. The Morgan fingerprint density at radius 1 is 1.00 bits per heavy atom. The van der Waals surface area contributed by atoms with E-state index in [0.717, 1.165) is 29.7 Å². The zero-order valence-electron chi connectivity index (χ0n) is 16.7. The Kier molecular flexibility index (Phi) is 5.92. The molecule has 2 aromatic carbocycles. The van der Waals surface area contributed by atoms with Crippen LogP contribution in [-0.4, -0.2) is 14.3 Å². The highest BCUT2D eigenvalue weighted by Crippen LogP contribution is 2.25. The first-order valence-electron chi connectivity index (χ1n) is 10.0. The quantitative estimate of drug-likeness (QED) is 0.571. The van der Waals surface area contributed by atoms with Gasteiger partial charge in [-0.15, -0.1) is 11.3 Å². The summed E-state index contributed by atoms with van der Waals surface area (Å²) < 4.78 is 27.4. The third kappa shape index (κ3) is 4.57. The predicted octanol–water partition coefficient (Wildman–Crippen LogP) is 4.92. The molecule has 1 aromatic heterocycles. The summed E-state index contributed by atoms with van der Waals surface area (Å²) in [5.74, 6) is -0.187. The first-order valence-corrected chi connectivity index (χ1v) is 12.4. The average molecular weight is 441 g/mol. The number of carbonyl (C=O) groups is 1. The number of carbonyl (C=O) groups excluding carboxylic acids is 1. The van der Waals surface area contributed by atoms with Crippen LogP contribution in [0.5, 0.6) is 0 Å². The van der Waals surface area contributed by atoms with Crippen molar-refractivity contribution in [3.05, 3.63) is 82.2 Å². The van der Waals surface area contributed by atoms with Gasteiger partial charge >= 0.3 is 0 Å². The number of aryl methyl sites for hydroxylation is 2. The number of hydrogen-bond acceptors (Lipinski definition) is 4. The Balaban J connectivity index is 1.41. The topological polar surface area (TPSA) is 75.3 Å². The molecule has 156 valence electrons. The number of amides is 1. The van der Waals surface area contributed by atoms with Crippen molar-refractivity contribution in [2.75, 3.05) is 4.72 Å². The summed E-state index contributed by atoms with van der Waals surface area (Å²) in [5, 5.41) is 4.75. The zero-order valence-corrected chi connectivity index (χ0v) is 18.4. The summed E-state index contributed by atoms with van der Waals surface area (Å²) in [6, 6.07) is 16.1. The fourth-order valence-corrected chi connectivity index (χ4v) is 5.75. The van der Waals surface area contributed by atoms with Gasteiger partial charge in [0.1, 0.15) is 4.21 Å². The summed E-state index contributed by atoms with van der Waals surface area (Å²) in [7, 11) is -3.60. The molecule has 0 spiro atoms. The molecule has 5 nitrogen and oxygen atoms in total. The van der Waals surface area contributed by atoms with E-state index in [1.165, 1.54) is 24.0 Å². The van der Waals surface area contributed by atoms with Crippen LogP contribution in [0.4, 0.5) is 5.69 Å². The van der Waals surface area contributed by atoms with Gasteiger partial charge in [-0.25, -0.2) is 8.42 Å². The lowest BCUT2D eigenvalue weighted by atomic mass is 9.89. The second kappa shape index (κ2) is 8.62. The molecule has 1 atom stereocenters. The van der Waals surface area contributed by atoms with E-state index in [0.29, 0.717) is 11.3 Å². The van der Waals surface area contributed by atoms with Crippen LogP contribution in [0.15, 0.2) is 64.2 Å². The van der Waals surface area contributed by atoms with Crippen molar-refractivity contribution in [2.24, 2.45) is 0 Å². The number of nitrogens with one attached hydrogen (secondary N) is 2. The molecule has 1 aliphatic carbocycles. The van der Waals surface area contributed by atoms with E-state index in [2.05, 4.69) is 28.2 Å². The maximum absolute atomic E-state index is 12.7. The van der Waals surface area contributed by atoms with Gasteiger partial charge in [-0.1, -0.05) is 24.3 Å².